The van der Waals surface area contributed by atoms with Crippen molar-refractivity contribution in [2.75, 3.05) is 5.32 Å². The van der Waals surface area contributed by atoms with Gasteiger partial charge in [0.2, 0.25) is 0 Å². The van der Waals surface area contributed by atoms with Crippen LogP contribution in [0.4, 0.5) is 10.1 Å². The number of para-hydroxylation sites is 1. The fourth-order valence-corrected chi connectivity index (χ4v) is 5.58. The first-order valence-electron chi connectivity index (χ1n) is 15.4. The van der Waals surface area contributed by atoms with Gasteiger partial charge >= 0.3 is 5.97 Å². The molecule has 3 N–H and O–H groups in total. The van der Waals surface area contributed by atoms with Crippen LogP contribution < -0.4 is 5.32 Å². The summed E-state index contributed by atoms with van der Waals surface area (Å²) in [6.45, 7) is 9.59. The van der Waals surface area contributed by atoms with Crippen LogP contribution in [0.1, 0.15) is 75.9 Å². The molecule has 1 heterocycles. The van der Waals surface area contributed by atoms with Crippen LogP contribution in [0.25, 0.3) is 22.4 Å². The summed E-state index contributed by atoms with van der Waals surface area (Å²) in [6, 6.07) is 25.0. The number of ether oxygens (including phenoxy) is 1. The van der Waals surface area contributed by atoms with Crippen LogP contribution in [0.3, 0.4) is 0 Å². The zero-order valence-corrected chi connectivity index (χ0v) is 26.6. The molecule has 1 amide bonds. The van der Waals surface area contributed by atoms with Crippen molar-refractivity contribution in [3.05, 3.63) is 102 Å². The van der Waals surface area contributed by atoms with Crippen LogP contribution in [-0.2, 0) is 16.1 Å². The Morgan fingerprint density at radius 3 is 2.11 bits per heavy atom. The van der Waals surface area contributed by atoms with Crippen molar-refractivity contribution >= 4 is 17.6 Å². The smallest absolute Gasteiger partial charge is 0.308 e. The number of nitrogens with one attached hydrogen (secondary N) is 1. The number of rotatable bonds is 12. The minimum atomic E-state index is -1.08. The normalized spacial score (nSPS) is 13.0. The van der Waals surface area contributed by atoms with E-state index in [1.54, 1.807) is 32.9 Å². The quantitative estimate of drug-likeness (QED) is 0.143. The molecule has 0 aliphatic heterocycles. The molecule has 8 heteroatoms. The number of aliphatic hydroxyl groups excluding tert-OH is 2. The molecule has 3 aromatic carbocycles. The minimum Gasteiger partial charge on any atom is -0.460 e. The van der Waals surface area contributed by atoms with Crippen molar-refractivity contribution in [1.29, 1.82) is 0 Å². The number of aromatic nitrogens is 1. The molecule has 0 bridgehead atoms. The van der Waals surface area contributed by atoms with Crippen molar-refractivity contribution in [3.8, 4) is 22.4 Å². The van der Waals surface area contributed by atoms with Gasteiger partial charge in [-0.05, 0) is 87.1 Å². The lowest BCUT2D eigenvalue weighted by molar-refractivity contribution is -0.157. The first-order chi connectivity index (χ1) is 21.3. The summed E-state index contributed by atoms with van der Waals surface area (Å²) in [6.07, 6.45) is -2.02. The van der Waals surface area contributed by atoms with Gasteiger partial charge in [-0.3, -0.25) is 9.59 Å². The maximum Gasteiger partial charge on any atom is 0.308 e. The van der Waals surface area contributed by atoms with Gasteiger partial charge in [-0.15, -0.1) is 0 Å². The van der Waals surface area contributed by atoms with Gasteiger partial charge in [0.1, 0.15) is 11.4 Å². The van der Waals surface area contributed by atoms with Crippen molar-refractivity contribution in [1.82, 2.24) is 4.57 Å². The number of anilines is 1. The fourth-order valence-electron chi connectivity index (χ4n) is 5.58. The summed E-state index contributed by atoms with van der Waals surface area (Å²) in [5.74, 6) is -1.29. The topological polar surface area (TPSA) is 101 Å². The van der Waals surface area contributed by atoms with Crippen LogP contribution in [0.15, 0.2) is 84.9 Å². The zero-order chi connectivity index (χ0) is 32.7. The highest BCUT2D eigenvalue weighted by Gasteiger charge is 2.31. The number of nitrogens with zero attached hydrogens (tertiary/aromatic N) is 1. The van der Waals surface area contributed by atoms with E-state index in [1.807, 2.05) is 79.1 Å². The summed E-state index contributed by atoms with van der Waals surface area (Å²) in [5, 5.41) is 24.6. The molecule has 0 saturated heterocycles. The lowest BCUT2D eigenvalue weighted by Crippen LogP contribution is -2.28. The van der Waals surface area contributed by atoms with Crippen LogP contribution in [0.2, 0.25) is 0 Å². The van der Waals surface area contributed by atoms with Crippen molar-refractivity contribution in [3.63, 3.8) is 0 Å². The van der Waals surface area contributed by atoms with Gasteiger partial charge in [-0.25, -0.2) is 4.39 Å². The summed E-state index contributed by atoms with van der Waals surface area (Å²) < 4.78 is 21.4. The molecule has 0 radical (unpaired) electrons. The van der Waals surface area contributed by atoms with Crippen molar-refractivity contribution in [2.45, 2.75) is 84.2 Å². The van der Waals surface area contributed by atoms with E-state index >= 15 is 0 Å². The van der Waals surface area contributed by atoms with Gasteiger partial charge in [0, 0.05) is 23.5 Å². The third kappa shape index (κ3) is 8.90. The first-order valence-corrected chi connectivity index (χ1v) is 15.4. The lowest BCUT2D eigenvalue weighted by atomic mass is 9.94. The Morgan fingerprint density at radius 2 is 1.53 bits per heavy atom. The summed E-state index contributed by atoms with van der Waals surface area (Å²) >= 11 is 0. The highest BCUT2D eigenvalue weighted by Crippen LogP contribution is 2.42. The van der Waals surface area contributed by atoms with Gasteiger partial charge in [0.25, 0.3) is 5.91 Å². The van der Waals surface area contributed by atoms with Crippen LogP contribution >= 0.6 is 0 Å². The number of benzene rings is 3. The summed E-state index contributed by atoms with van der Waals surface area (Å²) in [5.41, 5.74) is 4.22. The Morgan fingerprint density at radius 1 is 0.933 bits per heavy atom. The predicted molar refractivity (Wildman–Crippen MR) is 175 cm³/mol. The van der Waals surface area contributed by atoms with Gasteiger partial charge < -0.3 is 24.8 Å². The van der Waals surface area contributed by atoms with E-state index in [-0.39, 0.29) is 36.9 Å². The molecule has 0 spiro atoms. The maximum absolute atomic E-state index is 14.2. The summed E-state index contributed by atoms with van der Waals surface area (Å²) in [7, 11) is 0. The average molecular weight is 617 g/mol. The number of hydrogen-bond donors (Lipinski definition) is 3. The average Bonchev–Trinajstić information content (AvgIpc) is 3.32. The van der Waals surface area contributed by atoms with E-state index in [9.17, 15) is 24.2 Å². The van der Waals surface area contributed by atoms with E-state index in [2.05, 4.69) is 5.32 Å². The van der Waals surface area contributed by atoms with Crippen LogP contribution in [0, 0.1) is 5.82 Å². The van der Waals surface area contributed by atoms with E-state index in [0.29, 0.717) is 23.4 Å². The predicted octanol–water partition coefficient (Wildman–Crippen LogP) is 7.57. The van der Waals surface area contributed by atoms with Crippen LogP contribution in [0.5, 0.6) is 0 Å². The second-order valence-electron chi connectivity index (χ2n) is 12.6. The van der Waals surface area contributed by atoms with E-state index in [1.165, 1.54) is 12.1 Å². The zero-order valence-electron chi connectivity index (χ0n) is 26.6. The Bertz CT molecular complexity index is 1580. The third-order valence-corrected chi connectivity index (χ3v) is 7.34. The monoisotopic (exact) mass is 616 g/mol. The minimum absolute atomic E-state index is 0.0176. The molecule has 0 aliphatic rings. The number of amides is 1. The SMILES string of the molecule is CC(C)c1c(C(=O)Nc2ccccc2)c(-c2ccccc2)c(-c2ccc(F)cc2)n1CC[C@@H](O)C[14C@H](O)CC(=O)OC(C)(C)C. The van der Waals surface area contributed by atoms with Crippen molar-refractivity contribution in [2.24, 2.45) is 0 Å². The summed E-state index contributed by atoms with van der Waals surface area (Å²) in [4.78, 5) is 26.4. The van der Waals surface area contributed by atoms with E-state index < -0.39 is 23.8 Å². The van der Waals surface area contributed by atoms with Crippen molar-refractivity contribution < 1.29 is 28.9 Å². The molecular formula is C37H43FN2O5. The number of carbonyl (C=O) groups is 2. The molecule has 0 aliphatic carbocycles. The standard InChI is InChI=1S/C37H43FN2O5/c1-24(2)34-33(36(44)39-28-14-10-7-11-15-28)32(25-12-8-6-9-13-25)35(26-16-18-27(38)19-17-26)40(34)21-20-29(41)22-30(42)23-31(43)45-37(3,4)5/h6-19,24,29-30,41-42H,20-23H2,1-5H3,(H,39,44)/t29-,30+/m1/s1/i30+2. The molecule has 7 nitrogen and oxygen atoms in total. The molecule has 1 aromatic heterocycles. The molecule has 2 atom stereocenters. The maximum atomic E-state index is 14.2. The second kappa shape index (κ2) is 14.7. The molecule has 0 fully saturated rings. The molecule has 238 valence electrons. The largest absolute Gasteiger partial charge is 0.460 e. The Balaban J connectivity index is 1.78. The van der Waals surface area contributed by atoms with Gasteiger partial charge in [0.15, 0.2) is 0 Å². The Hall–Kier alpha value is -4.27. The van der Waals surface area contributed by atoms with E-state index in [0.717, 1.165) is 22.5 Å². The first kappa shape index (κ1) is 33.6. The van der Waals surface area contributed by atoms with Gasteiger partial charge in [-0.1, -0.05) is 62.4 Å². The highest BCUT2D eigenvalue weighted by molar-refractivity contribution is 6.12. The Kier molecular flexibility index (Phi) is 11.0. The third-order valence-electron chi connectivity index (χ3n) is 7.34. The fraction of sp³-hybridized carbons (Fsp3) is 0.351. The molecule has 0 saturated carbocycles. The number of carbonyl (C=O) groups excluding carboxylic acids is 2. The molecule has 0 unspecified atom stereocenters. The molecule has 4 rings (SSSR count). The Labute approximate surface area is 264 Å². The number of esters is 1. The molecular weight excluding hydrogens is 573 g/mol. The molecule has 4 aromatic rings. The van der Waals surface area contributed by atoms with Gasteiger partial charge in [0.05, 0.1) is 29.9 Å². The number of hydrogen-bond acceptors (Lipinski definition) is 5. The molecule has 45 heavy (non-hydrogen) atoms. The highest BCUT2D eigenvalue weighted by atomic mass is 19.1. The second-order valence-corrected chi connectivity index (χ2v) is 12.6. The van der Waals surface area contributed by atoms with E-state index in [4.69, 9.17) is 4.74 Å². The number of halogens is 1. The lowest BCUT2D eigenvalue weighted by Gasteiger charge is -2.22. The van der Waals surface area contributed by atoms with Gasteiger partial charge in [-0.2, -0.15) is 0 Å². The van der Waals surface area contributed by atoms with Crippen LogP contribution in [-0.4, -0.2) is 44.5 Å². The number of aliphatic hydroxyl groups is 2.